The molecule has 2 amide bonds. The molecule has 10 heteroatoms. The first-order valence-electron chi connectivity index (χ1n) is 15.7. The van der Waals surface area contributed by atoms with Crippen molar-refractivity contribution >= 4 is 23.2 Å². The minimum Gasteiger partial charge on any atom is -0.421 e. The molecule has 2 unspecified atom stereocenters. The van der Waals surface area contributed by atoms with Gasteiger partial charge in [0.15, 0.2) is 0 Å². The van der Waals surface area contributed by atoms with E-state index < -0.39 is 0 Å². The van der Waals surface area contributed by atoms with Crippen LogP contribution in [0.2, 0.25) is 0 Å². The summed E-state index contributed by atoms with van der Waals surface area (Å²) in [7, 11) is 0. The van der Waals surface area contributed by atoms with Crippen LogP contribution in [0.5, 0.6) is 0 Å². The molecule has 0 fully saturated rings. The van der Waals surface area contributed by atoms with E-state index >= 15 is 0 Å². The Balaban J connectivity index is 1.35. The van der Waals surface area contributed by atoms with Crippen LogP contribution in [0.15, 0.2) is 65.1 Å². The summed E-state index contributed by atoms with van der Waals surface area (Å²) in [4.78, 5) is 33.8. The maximum Gasteiger partial charge on any atom is 0.261 e. The maximum absolute atomic E-state index is 13.7. The lowest BCUT2D eigenvalue weighted by molar-refractivity contribution is 0.0929. The van der Waals surface area contributed by atoms with Crippen LogP contribution in [0.1, 0.15) is 86.2 Å². The van der Waals surface area contributed by atoms with Crippen molar-refractivity contribution < 1.29 is 18.4 Å². The van der Waals surface area contributed by atoms with Gasteiger partial charge in [0, 0.05) is 29.8 Å². The molecule has 46 heavy (non-hydrogen) atoms. The number of rotatable bonds is 8. The highest BCUT2D eigenvalue weighted by molar-refractivity contribution is 7.17. The molecule has 2 aromatic carbocycles. The fraction of sp³-hybridized carbons (Fsp3) is 0.306. The van der Waals surface area contributed by atoms with Crippen molar-refractivity contribution in [1.29, 1.82) is 0 Å². The van der Waals surface area contributed by atoms with Gasteiger partial charge in [0.2, 0.25) is 11.8 Å². The molecular formula is C36H34FN5O3S. The lowest BCUT2D eigenvalue weighted by Crippen LogP contribution is -2.38. The fourth-order valence-electron chi connectivity index (χ4n) is 6.59. The van der Waals surface area contributed by atoms with E-state index in [0.717, 1.165) is 34.5 Å². The molecule has 3 aromatic heterocycles. The molecular weight excluding hydrogens is 601 g/mol. The largest absolute Gasteiger partial charge is 0.421 e. The number of aryl methyl sites for hydroxylation is 4. The molecule has 7 rings (SSSR count). The van der Waals surface area contributed by atoms with Gasteiger partial charge in [-0.05, 0) is 72.6 Å². The molecule has 0 saturated heterocycles. The van der Waals surface area contributed by atoms with Crippen molar-refractivity contribution in [3.63, 3.8) is 0 Å². The number of hydrogen-bond donors (Lipinski definition) is 2. The third-order valence-electron chi connectivity index (χ3n) is 8.98. The Morgan fingerprint density at radius 3 is 2.61 bits per heavy atom. The number of carbonyl (C=O) groups is 2. The SMILES string of the molecule is Cc1nnc(-c2c(CCc3ccc(F)cc3)nc3c(c2-c2ccc(C(=O)NC4CCc5ccccc54)s2)C(=O)NCC3C(C)C)o1. The predicted octanol–water partition coefficient (Wildman–Crippen LogP) is 6.99. The summed E-state index contributed by atoms with van der Waals surface area (Å²) in [6.07, 6.45) is 2.87. The van der Waals surface area contributed by atoms with Crippen molar-refractivity contribution in [2.24, 2.45) is 5.92 Å². The summed E-state index contributed by atoms with van der Waals surface area (Å²) in [5, 5.41) is 14.8. The summed E-state index contributed by atoms with van der Waals surface area (Å²) >= 11 is 1.33. The van der Waals surface area contributed by atoms with E-state index in [1.807, 2.05) is 24.3 Å². The Morgan fingerprint density at radius 2 is 1.85 bits per heavy atom. The number of hydrogen-bond acceptors (Lipinski definition) is 7. The van der Waals surface area contributed by atoms with Crippen LogP contribution >= 0.6 is 11.3 Å². The summed E-state index contributed by atoms with van der Waals surface area (Å²) < 4.78 is 19.7. The van der Waals surface area contributed by atoms with Crippen LogP contribution in [0, 0.1) is 18.7 Å². The van der Waals surface area contributed by atoms with E-state index in [2.05, 4.69) is 46.8 Å². The van der Waals surface area contributed by atoms with Gasteiger partial charge >= 0.3 is 0 Å². The number of nitrogens with zero attached hydrogens (tertiary/aromatic N) is 3. The first kappa shape index (κ1) is 30.0. The molecule has 8 nitrogen and oxygen atoms in total. The van der Waals surface area contributed by atoms with Crippen LogP contribution in [0.4, 0.5) is 4.39 Å². The monoisotopic (exact) mass is 635 g/mol. The number of amides is 2. The smallest absolute Gasteiger partial charge is 0.261 e. The van der Waals surface area contributed by atoms with Crippen molar-refractivity contribution in [2.75, 3.05) is 6.54 Å². The van der Waals surface area contributed by atoms with E-state index in [0.29, 0.717) is 52.5 Å². The zero-order valence-corrected chi connectivity index (χ0v) is 26.7. The van der Waals surface area contributed by atoms with Crippen LogP contribution in [-0.4, -0.2) is 33.5 Å². The van der Waals surface area contributed by atoms with Gasteiger partial charge < -0.3 is 15.1 Å². The maximum atomic E-state index is 13.7. The Morgan fingerprint density at radius 1 is 1.04 bits per heavy atom. The van der Waals surface area contributed by atoms with E-state index in [4.69, 9.17) is 9.40 Å². The van der Waals surface area contributed by atoms with Crippen LogP contribution < -0.4 is 10.6 Å². The number of fused-ring (bicyclic) bond motifs is 2. The Bertz CT molecular complexity index is 1950. The standard InChI is InChI=1S/C36H34FN5O3S/c1-19(2)25-18-38-35(44)32-31(28-16-17-29(46-28)34(43)40-26-15-11-22-6-4-5-7-24(22)26)30(36-42-41-20(3)45-36)27(39-33(25)32)14-10-21-8-12-23(37)13-9-21/h4-9,12-13,16-17,19,25-26H,10-11,14-15,18H2,1-3H3,(H,38,44)(H,40,43). The van der Waals surface area contributed by atoms with Gasteiger partial charge in [-0.25, -0.2) is 4.39 Å². The van der Waals surface area contributed by atoms with Gasteiger partial charge in [0.05, 0.1) is 33.4 Å². The van der Waals surface area contributed by atoms with E-state index in [9.17, 15) is 14.0 Å². The third-order valence-corrected chi connectivity index (χ3v) is 10.1. The topological polar surface area (TPSA) is 110 Å². The van der Waals surface area contributed by atoms with E-state index in [1.54, 1.807) is 19.1 Å². The number of aromatic nitrogens is 3. The van der Waals surface area contributed by atoms with E-state index in [1.165, 1.54) is 29.0 Å². The van der Waals surface area contributed by atoms with Crippen molar-refractivity contribution in [2.45, 2.75) is 58.4 Å². The quantitative estimate of drug-likeness (QED) is 0.190. The summed E-state index contributed by atoms with van der Waals surface area (Å²) in [6.45, 7) is 6.44. The van der Waals surface area contributed by atoms with Crippen LogP contribution in [0.25, 0.3) is 21.9 Å². The molecule has 5 aromatic rings. The van der Waals surface area contributed by atoms with Crippen molar-refractivity contribution in [3.05, 3.63) is 111 Å². The Hall–Kier alpha value is -4.70. The van der Waals surface area contributed by atoms with Crippen LogP contribution in [0.3, 0.4) is 0 Å². The second kappa shape index (κ2) is 12.2. The minimum atomic E-state index is -0.291. The molecule has 2 aliphatic rings. The van der Waals surface area contributed by atoms with E-state index in [-0.39, 0.29) is 41.4 Å². The van der Waals surface area contributed by atoms with Gasteiger partial charge in [-0.3, -0.25) is 14.6 Å². The van der Waals surface area contributed by atoms with Gasteiger partial charge in [0.1, 0.15) is 5.82 Å². The van der Waals surface area contributed by atoms with Gasteiger partial charge in [-0.2, -0.15) is 0 Å². The number of carbonyl (C=O) groups excluding carboxylic acids is 2. The predicted molar refractivity (Wildman–Crippen MR) is 174 cm³/mol. The molecule has 1 aliphatic carbocycles. The zero-order valence-electron chi connectivity index (χ0n) is 25.9. The average Bonchev–Trinajstić information content (AvgIpc) is 3.81. The summed E-state index contributed by atoms with van der Waals surface area (Å²) in [5.41, 5.74) is 6.51. The Labute approximate surface area is 270 Å². The lowest BCUT2D eigenvalue weighted by Gasteiger charge is -2.30. The number of thiophene rings is 1. The second-order valence-electron chi connectivity index (χ2n) is 12.3. The number of halogens is 1. The molecule has 0 spiro atoms. The molecule has 1 aliphatic heterocycles. The van der Waals surface area contributed by atoms with Gasteiger partial charge in [-0.15, -0.1) is 21.5 Å². The first-order valence-corrected chi connectivity index (χ1v) is 16.5. The molecule has 2 N–H and O–H groups in total. The van der Waals surface area contributed by atoms with Crippen molar-refractivity contribution in [1.82, 2.24) is 25.8 Å². The zero-order chi connectivity index (χ0) is 31.9. The highest BCUT2D eigenvalue weighted by Crippen LogP contribution is 2.45. The second-order valence-corrected chi connectivity index (χ2v) is 13.4. The summed E-state index contributed by atoms with van der Waals surface area (Å²) in [6, 6.07) is 18.3. The molecule has 4 heterocycles. The lowest BCUT2D eigenvalue weighted by atomic mass is 9.82. The summed E-state index contributed by atoms with van der Waals surface area (Å²) in [5.74, 6) is 0.172. The highest BCUT2D eigenvalue weighted by Gasteiger charge is 2.36. The highest BCUT2D eigenvalue weighted by atomic mass is 32.1. The molecule has 0 bridgehead atoms. The fourth-order valence-corrected chi connectivity index (χ4v) is 7.56. The molecule has 0 saturated carbocycles. The van der Waals surface area contributed by atoms with Gasteiger partial charge in [-0.1, -0.05) is 50.2 Å². The van der Waals surface area contributed by atoms with Crippen molar-refractivity contribution in [3.8, 4) is 21.9 Å². The number of nitrogens with one attached hydrogen (secondary N) is 2. The first-order chi connectivity index (χ1) is 22.3. The van der Waals surface area contributed by atoms with Crippen LogP contribution in [-0.2, 0) is 19.3 Å². The molecule has 234 valence electrons. The van der Waals surface area contributed by atoms with Gasteiger partial charge in [0.25, 0.3) is 11.8 Å². The number of benzene rings is 2. The number of pyridine rings is 1. The molecule has 0 radical (unpaired) electrons. The molecule has 2 atom stereocenters. The Kier molecular flexibility index (Phi) is 7.98. The third kappa shape index (κ3) is 5.62. The average molecular weight is 636 g/mol. The minimum absolute atomic E-state index is 0.0142. The normalized spacial score (nSPS) is 17.1.